The smallest absolute Gasteiger partial charge is 0.144 e. The first-order valence-electron chi connectivity index (χ1n) is 6.66. The van der Waals surface area contributed by atoms with Gasteiger partial charge in [-0.1, -0.05) is 0 Å². The van der Waals surface area contributed by atoms with Crippen LogP contribution in [0, 0.1) is 0 Å². The van der Waals surface area contributed by atoms with Crippen LogP contribution in [-0.4, -0.2) is 51.8 Å². The second kappa shape index (κ2) is 4.69. The van der Waals surface area contributed by atoms with E-state index >= 15 is 0 Å². The highest BCUT2D eigenvalue weighted by atomic mass is 16.5. The van der Waals surface area contributed by atoms with Gasteiger partial charge < -0.3 is 19.9 Å². The lowest BCUT2D eigenvalue weighted by Crippen LogP contribution is -2.44. The zero-order valence-corrected chi connectivity index (χ0v) is 11.2. The number of anilines is 2. The molecule has 0 amide bonds. The van der Waals surface area contributed by atoms with Crippen molar-refractivity contribution in [2.75, 3.05) is 57.1 Å². The molecule has 4 heteroatoms. The van der Waals surface area contributed by atoms with Crippen LogP contribution in [0.5, 0.6) is 5.75 Å². The SMILES string of the molecule is COc1cc(N2CCN(C)CC2)cc2c1NCC2. The maximum atomic E-state index is 5.51. The molecule has 0 aromatic heterocycles. The normalized spacial score (nSPS) is 19.6. The van der Waals surface area contributed by atoms with E-state index in [9.17, 15) is 0 Å². The zero-order chi connectivity index (χ0) is 12.5. The van der Waals surface area contributed by atoms with Crippen LogP contribution >= 0.6 is 0 Å². The summed E-state index contributed by atoms with van der Waals surface area (Å²) in [7, 11) is 3.94. The second-order valence-corrected chi connectivity index (χ2v) is 5.15. The van der Waals surface area contributed by atoms with Crippen molar-refractivity contribution in [1.82, 2.24) is 4.90 Å². The molecule has 1 aromatic carbocycles. The summed E-state index contributed by atoms with van der Waals surface area (Å²) in [4.78, 5) is 4.84. The molecule has 2 aliphatic rings. The molecule has 0 saturated carbocycles. The molecule has 18 heavy (non-hydrogen) atoms. The van der Waals surface area contributed by atoms with Crippen molar-refractivity contribution in [3.63, 3.8) is 0 Å². The van der Waals surface area contributed by atoms with E-state index in [2.05, 4.69) is 34.3 Å². The summed E-state index contributed by atoms with van der Waals surface area (Å²) in [6.45, 7) is 5.50. The van der Waals surface area contributed by atoms with Gasteiger partial charge in [-0.05, 0) is 25.1 Å². The Morgan fingerprint density at radius 2 is 1.94 bits per heavy atom. The van der Waals surface area contributed by atoms with Crippen molar-refractivity contribution < 1.29 is 4.74 Å². The van der Waals surface area contributed by atoms with Crippen molar-refractivity contribution in [1.29, 1.82) is 0 Å². The number of hydrogen-bond acceptors (Lipinski definition) is 4. The van der Waals surface area contributed by atoms with Crippen molar-refractivity contribution in [2.45, 2.75) is 6.42 Å². The van der Waals surface area contributed by atoms with Crippen LogP contribution in [-0.2, 0) is 6.42 Å². The van der Waals surface area contributed by atoms with Crippen LogP contribution in [0.3, 0.4) is 0 Å². The van der Waals surface area contributed by atoms with Gasteiger partial charge in [0.05, 0.1) is 12.8 Å². The number of methoxy groups -OCH3 is 1. The number of nitrogens with zero attached hydrogens (tertiary/aromatic N) is 2. The summed E-state index contributed by atoms with van der Waals surface area (Å²) in [6, 6.07) is 4.49. The molecule has 0 radical (unpaired) electrons. The van der Waals surface area contributed by atoms with Gasteiger partial charge in [0.1, 0.15) is 5.75 Å². The van der Waals surface area contributed by atoms with Gasteiger partial charge in [0, 0.05) is 44.5 Å². The summed E-state index contributed by atoms with van der Waals surface area (Å²) in [5, 5.41) is 3.41. The van der Waals surface area contributed by atoms with E-state index in [0.717, 1.165) is 44.9 Å². The predicted molar refractivity (Wildman–Crippen MR) is 74.9 cm³/mol. The van der Waals surface area contributed by atoms with Gasteiger partial charge >= 0.3 is 0 Å². The Labute approximate surface area is 109 Å². The standard InChI is InChI=1S/C14H21N3O/c1-16-5-7-17(8-6-16)12-9-11-3-4-15-14(11)13(10-12)18-2/h9-10,15H,3-8H2,1-2H3. The van der Waals surface area contributed by atoms with E-state index in [1.807, 2.05) is 0 Å². The topological polar surface area (TPSA) is 27.7 Å². The number of nitrogens with one attached hydrogen (secondary N) is 1. The molecular weight excluding hydrogens is 226 g/mol. The van der Waals surface area contributed by atoms with Crippen molar-refractivity contribution >= 4 is 11.4 Å². The Bertz CT molecular complexity index is 439. The van der Waals surface area contributed by atoms with E-state index < -0.39 is 0 Å². The van der Waals surface area contributed by atoms with Crippen molar-refractivity contribution in [3.8, 4) is 5.75 Å². The quantitative estimate of drug-likeness (QED) is 0.855. The Hall–Kier alpha value is -1.42. The fourth-order valence-electron chi connectivity index (χ4n) is 2.79. The van der Waals surface area contributed by atoms with E-state index in [4.69, 9.17) is 4.74 Å². The van der Waals surface area contributed by atoms with Crippen LogP contribution in [0.1, 0.15) is 5.56 Å². The summed E-state index contributed by atoms with van der Waals surface area (Å²) in [6.07, 6.45) is 1.10. The molecule has 1 saturated heterocycles. The molecule has 0 atom stereocenters. The minimum atomic E-state index is 0.985. The summed E-state index contributed by atoms with van der Waals surface area (Å²) < 4.78 is 5.51. The second-order valence-electron chi connectivity index (χ2n) is 5.15. The largest absolute Gasteiger partial charge is 0.495 e. The number of ether oxygens (including phenoxy) is 1. The highest BCUT2D eigenvalue weighted by molar-refractivity contribution is 5.71. The molecule has 98 valence electrons. The van der Waals surface area contributed by atoms with Crippen LogP contribution in [0.2, 0.25) is 0 Å². The molecule has 0 bridgehead atoms. The van der Waals surface area contributed by atoms with Crippen molar-refractivity contribution in [3.05, 3.63) is 17.7 Å². The fraction of sp³-hybridized carbons (Fsp3) is 0.571. The Kier molecular flexibility index (Phi) is 3.04. The van der Waals surface area contributed by atoms with Gasteiger partial charge in [0.15, 0.2) is 0 Å². The molecule has 0 aliphatic carbocycles. The molecule has 1 aromatic rings. The number of fused-ring (bicyclic) bond motifs is 1. The number of likely N-dealkylation sites (N-methyl/N-ethyl adjacent to an activating group) is 1. The maximum absolute atomic E-state index is 5.51. The molecular formula is C14H21N3O. The lowest BCUT2D eigenvalue weighted by Gasteiger charge is -2.34. The number of benzene rings is 1. The number of hydrogen-bond donors (Lipinski definition) is 1. The molecule has 1 N–H and O–H groups in total. The van der Waals surface area contributed by atoms with E-state index in [1.165, 1.54) is 16.9 Å². The van der Waals surface area contributed by atoms with Crippen LogP contribution in [0.4, 0.5) is 11.4 Å². The molecule has 4 nitrogen and oxygen atoms in total. The minimum absolute atomic E-state index is 0.985. The van der Waals surface area contributed by atoms with Gasteiger partial charge in [-0.2, -0.15) is 0 Å². The monoisotopic (exact) mass is 247 g/mol. The lowest BCUT2D eigenvalue weighted by atomic mass is 10.1. The molecule has 3 rings (SSSR count). The number of rotatable bonds is 2. The zero-order valence-electron chi connectivity index (χ0n) is 11.2. The van der Waals surface area contributed by atoms with Gasteiger partial charge in [0.2, 0.25) is 0 Å². The maximum Gasteiger partial charge on any atom is 0.144 e. The van der Waals surface area contributed by atoms with Gasteiger partial charge in [-0.25, -0.2) is 0 Å². The molecule has 0 unspecified atom stereocenters. The van der Waals surface area contributed by atoms with E-state index in [-0.39, 0.29) is 0 Å². The van der Waals surface area contributed by atoms with E-state index in [0.29, 0.717) is 0 Å². The molecule has 1 fully saturated rings. The van der Waals surface area contributed by atoms with E-state index in [1.54, 1.807) is 7.11 Å². The average Bonchev–Trinajstić information content (AvgIpc) is 2.86. The molecule has 0 spiro atoms. The Morgan fingerprint density at radius 1 is 1.17 bits per heavy atom. The highest BCUT2D eigenvalue weighted by Gasteiger charge is 2.20. The van der Waals surface area contributed by atoms with Crippen LogP contribution in [0.25, 0.3) is 0 Å². The fourth-order valence-corrected chi connectivity index (χ4v) is 2.79. The van der Waals surface area contributed by atoms with Crippen LogP contribution < -0.4 is 15.0 Å². The van der Waals surface area contributed by atoms with Gasteiger partial charge in [-0.15, -0.1) is 0 Å². The first kappa shape index (κ1) is 11.7. The third kappa shape index (κ3) is 2.01. The minimum Gasteiger partial charge on any atom is -0.495 e. The summed E-state index contributed by atoms with van der Waals surface area (Å²) in [5.41, 5.74) is 3.89. The highest BCUT2D eigenvalue weighted by Crippen LogP contribution is 2.37. The lowest BCUT2D eigenvalue weighted by molar-refractivity contribution is 0.312. The summed E-state index contributed by atoms with van der Waals surface area (Å²) in [5.74, 6) is 0.985. The Balaban J connectivity index is 1.88. The Morgan fingerprint density at radius 3 is 2.67 bits per heavy atom. The third-order valence-corrected chi connectivity index (χ3v) is 3.95. The molecule has 2 heterocycles. The van der Waals surface area contributed by atoms with Crippen molar-refractivity contribution in [2.24, 2.45) is 0 Å². The molecule has 2 aliphatic heterocycles. The van der Waals surface area contributed by atoms with Gasteiger partial charge in [0.25, 0.3) is 0 Å². The predicted octanol–water partition coefficient (Wildman–Crippen LogP) is 1.41. The first-order valence-corrected chi connectivity index (χ1v) is 6.66. The van der Waals surface area contributed by atoms with Gasteiger partial charge in [-0.3, -0.25) is 0 Å². The summed E-state index contributed by atoms with van der Waals surface area (Å²) >= 11 is 0. The first-order chi connectivity index (χ1) is 8.78. The average molecular weight is 247 g/mol. The van der Waals surface area contributed by atoms with Crippen LogP contribution in [0.15, 0.2) is 12.1 Å². The number of piperazine rings is 1. The third-order valence-electron chi connectivity index (χ3n) is 3.95.